The Morgan fingerprint density at radius 2 is 2.39 bits per heavy atom. The lowest BCUT2D eigenvalue weighted by Crippen LogP contribution is -2.46. The molecule has 2 rings (SSSR count). The molecule has 18 heavy (non-hydrogen) atoms. The van der Waals surface area contributed by atoms with E-state index in [4.69, 9.17) is 4.74 Å². The van der Waals surface area contributed by atoms with Crippen molar-refractivity contribution in [2.75, 3.05) is 20.2 Å². The average molecular weight is 252 g/mol. The molecule has 0 bridgehead atoms. The quantitative estimate of drug-likeness (QED) is 0.804. The number of aromatic nitrogens is 1. The minimum atomic E-state index is -0.574. The number of amides is 1. The van der Waals surface area contributed by atoms with Gasteiger partial charge in [-0.05, 0) is 18.4 Å². The maximum atomic E-state index is 13.5. The van der Waals surface area contributed by atoms with Crippen molar-refractivity contribution in [1.82, 2.24) is 9.88 Å². The molecule has 0 N–H and O–H groups in total. The van der Waals surface area contributed by atoms with Gasteiger partial charge in [0.1, 0.15) is 0 Å². The summed E-state index contributed by atoms with van der Waals surface area (Å²) in [4.78, 5) is 17.5. The van der Waals surface area contributed by atoms with Gasteiger partial charge in [0.25, 0.3) is 5.91 Å². The van der Waals surface area contributed by atoms with E-state index >= 15 is 0 Å². The van der Waals surface area contributed by atoms with Crippen LogP contribution in [0.15, 0.2) is 18.5 Å². The van der Waals surface area contributed by atoms with Crippen LogP contribution in [0, 0.1) is 11.7 Å². The summed E-state index contributed by atoms with van der Waals surface area (Å²) < 4.78 is 18.9. The Hall–Kier alpha value is -1.49. The van der Waals surface area contributed by atoms with Crippen LogP contribution in [0.3, 0.4) is 0 Å². The van der Waals surface area contributed by atoms with Crippen molar-refractivity contribution in [2.24, 2.45) is 5.92 Å². The third-order valence-corrected chi connectivity index (χ3v) is 3.48. The van der Waals surface area contributed by atoms with Gasteiger partial charge in [-0.3, -0.25) is 9.78 Å². The predicted molar refractivity (Wildman–Crippen MR) is 64.7 cm³/mol. The first-order chi connectivity index (χ1) is 8.63. The second-order valence-corrected chi connectivity index (χ2v) is 4.65. The van der Waals surface area contributed by atoms with Crippen molar-refractivity contribution in [3.05, 3.63) is 29.8 Å². The second-order valence-electron chi connectivity index (χ2n) is 4.65. The van der Waals surface area contributed by atoms with E-state index in [0.29, 0.717) is 19.0 Å². The van der Waals surface area contributed by atoms with Crippen LogP contribution in [-0.4, -0.2) is 42.1 Å². The van der Waals surface area contributed by atoms with E-state index in [-0.39, 0.29) is 17.6 Å². The summed E-state index contributed by atoms with van der Waals surface area (Å²) in [6, 6.07) is 1.41. The van der Waals surface area contributed by atoms with Crippen LogP contribution in [0.4, 0.5) is 4.39 Å². The number of rotatable bonds is 2. The fourth-order valence-electron chi connectivity index (χ4n) is 2.24. The van der Waals surface area contributed by atoms with Crippen LogP contribution in [0.25, 0.3) is 0 Å². The number of pyridine rings is 1. The van der Waals surface area contributed by atoms with E-state index in [1.54, 1.807) is 12.0 Å². The zero-order valence-corrected chi connectivity index (χ0v) is 10.6. The van der Waals surface area contributed by atoms with E-state index in [0.717, 1.165) is 12.6 Å². The Morgan fingerprint density at radius 3 is 3.06 bits per heavy atom. The minimum absolute atomic E-state index is 0.0209. The summed E-state index contributed by atoms with van der Waals surface area (Å²) in [6.07, 6.45) is 3.38. The first-order valence-corrected chi connectivity index (χ1v) is 6.05. The Morgan fingerprint density at radius 1 is 1.61 bits per heavy atom. The molecule has 1 aromatic rings. The zero-order chi connectivity index (χ0) is 13.1. The van der Waals surface area contributed by atoms with Gasteiger partial charge in [-0.15, -0.1) is 0 Å². The molecule has 0 aromatic carbocycles. The number of carbonyl (C=O) groups excluding carboxylic acids is 1. The van der Waals surface area contributed by atoms with Crippen molar-refractivity contribution < 1.29 is 13.9 Å². The molecule has 1 aliphatic rings. The smallest absolute Gasteiger partial charge is 0.257 e. The van der Waals surface area contributed by atoms with E-state index in [1.807, 2.05) is 0 Å². The number of hydrogen-bond donors (Lipinski definition) is 0. The van der Waals surface area contributed by atoms with Crippen molar-refractivity contribution in [2.45, 2.75) is 19.4 Å². The van der Waals surface area contributed by atoms with Gasteiger partial charge in [0.2, 0.25) is 0 Å². The van der Waals surface area contributed by atoms with Crippen LogP contribution < -0.4 is 0 Å². The molecule has 1 saturated heterocycles. The van der Waals surface area contributed by atoms with Gasteiger partial charge in [0.15, 0.2) is 5.82 Å². The Balaban J connectivity index is 2.13. The summed E-state index contributed by atoms with van der Waals surface area (Å²) in [5.74, 6) is -0.444. The summed E-state index contributed by atoms with van der Waals surface area (Å²) in [5.41, 5.74) is 0.0782. The molecule has 2 atom stereocenters. The van der Waals surface area contributed by atoms with E-state index in [2.05, 4.69) is 11.9 Å². The normalized spacial score (nSPS) is 24.1. The summed E-state index contributed by atoms with van der Waals surface area (Å²) in [7, 11) is 1.64. The molecule has 1 amide bonds. The molecular formula is C13H17FN2O2. The zero-order valence-electron chi connectivity index (χ0n) is 10.6. The number of ether oxygens (including phenoxy) is 1. The number of halogens is 1. The van der Waals surface area contributed by atoms with Crippen LogP contribution in [0.5, 0.6) is 0 Å². The van der Waals surface area contributed by atoms with Crippen molar-refractivity contribution in [3.8, 4) is 0 Å². The highest BCUT2D eigenvalue weighted by Crippen LogP contribution is 2.21. The fourth-order valence-corrected chi connectivity index (χ4v) is 2.24. The molecule has 2 heterocycles. The molecule has 0 spiro atoms. The predicted octanol–water partition coefficient (Wildman–Crippen LogP) is 1.72. The maximum absolute atomic E-state index is 13.5. The lowest BCUT2D eigenvalue weighted by atomic mass is 9.95. The van der Waals surface area contributed by atoms with Crippen LogP contribution >= 0.6 is 0 Å². The van der Waals surface area contributed by atoms with Crippen molar-refractivity contribution >= 4 is 5.91 Å². The highest BCUT2D eigenvalue weighted by Gasteiger charge is 2.30. The number of carbonyl (C=O) groups is 1. The molecule has 1 fully saturated rings. The standard InChI is InChI=1S/C13H17FN2O2/c1-9-4-6-16(8-12(9)18-2)13(17)10-3-5-15-7-11(10)14/h3,5,7,9,12H,4,6,8H2,1-2H3. The van der Waals surface area contributed by atoms with Gasteiger partial charge in [-0.1, -0.05) is 6.92 Å². The molecule has 0 aliphatic carbocycles. The van der Waals surface area contributed by atoms with Gasteiger partial charge in [0.05, 0.1) is 17.9 Å². The molecule has 5 heteroatoms. The van der Waals surface area contributed by atoms with Gasteiger partial charge >= 0.3 is 0 Å². The number of piperidine rings is 1. The number of hydrogen-bond acceptors (Lipinski definition) is 3. The van der Waals surface area contributed by atoms with E-state index in [1.165, 1.54) is 12.3 Å². The summed E-state index contributed by atoms with van der Waals surface area (Å²) in [5, 5.41) is 0. The molecule has 0 radical (unpaired) electrons. The second kappa shape index (κ2) is 5.44. The lowest BCUT2D eigenvalue weighted by Gasteiger charge is -2.36. The van der Waals surface area contributed by atoms with Gasteiger partial charge < -0.3 is 9.64 Å². The molecule has 1 aromatic heterocycles. The SMILES string of the molecule is COC1CN(C(=O)c2ccncc2F)CCC1C. The maximum Gasteiger partial charge on any atom is 0.257 e. The molecule has 2 unspecified atom stereocenters. The third-order valence-electron chi connectivity index (χ3n) is 3.48. The monoisotopic (exact) mass is 252 g/mol. The Labute approximate surface area is 106 Å². The third kappa shape index (κ3) is 2.51. The first kappa shape index (κ1) is 13.0. The minimum Gasteiger partial charge on any atom is -0.379 e. The fraction of sp³-hybridized carbons (Fsp3) is 0.538. The topological polar surface area (TPSA) is 42.4 Å². The van der Waals surface area contributed by atoms with Gasteiger partial charge in [-0.25, -0.2) is 4.39 Å². The lowest BCUT2D eigenvalue weighted by molar-refractivity contribution is -0.00173. The van der Waals surface area contributed by atoms with Gasteiger partial charge in [0, 0.05) is 26.4 Å². The highest BCUT2D eigenvalue weighted by atomic mass is 19.1. The Kier molecular flexibility index (Phi) is 3.91. The highest BCUT2D eigenvalue weighted by molar-refractivity contribution is 5.94. The van der Waals surface area contributed by atoms with Crippen LogP contribution in [-0.2, 0) is 4.74 Å². The summed E-state index contributed by atoms with van der Waals surface area (Å²) >= 11 is 0. The number of likely N-dealkylation sites (tertiary alicyclic amines) is 1. The molecule has 1 aliphatic heterocycles. The van der Waals surface area contributed by atoms with Crippen molar-refractivity contribution in [1.29, 1.82) is 0 Å². The molecule has 98 valence electrons. The van der Waals surface area contributed by atoms with Gasteiger partial charge in [-0.2, -0.15) is 0 Å². The van der Waals surface area contributed by atoms with E-state index < -0.39 is 5.82 Å². The largest absolute Gasteiger partial charge is 0.379 e. The Bertz CT molecular complexity index is 439. The molecule has 4 nitrogen and oxygen atoms in total. The van der Waals surface area contributed by atoms with E-state index in [9.17, 15) is 9.18 Å². The van der Waals surface area contributed by atoms with Crippen LogP contribution in [0.2, 0.25) is 0 Å². The molecular weight excluding hydrogens is 235 g/mol. The number of nitrogens with zero attached hydrogens (tertiary/aromatic N) is 2. The average Bonchev–Trinajstić information content (AvgIpc) is 2.39. The van der Waals surface area contributed by atoms with Crippen molar-refractivity contribution in [3.63, 3.8) is 0 Å². The van der Waals surface area contributed by atoms with Crippen LogP contribution in [0.1, 0.15) is 23.7 Å². The number of methoxy groups -OCH3 is 1. The summed E-state index contributed by atoms with van der Waals surface area (Å²) in [6.45, 7) is 3.25. The first-order valence-electron chi connectivity index (χ1n) is 6.05. The molecule has 0 saturated carbocycles.